The average Bonchev–Trinajstić information content (AvgIpc) is 2.78. The highest BCUT2D eigenvalue weighted by Gasteiger charge is 2.16. The average molecular weight is 243 g/mol. The second-order valence-corrected chi connectivity index (χ2v) is 4.94. The first-order valence-corrected chi connectivity index (χ1v) is 6.37. The van der Waals surface area contributed by atoms with E-state index in [0.717, 1.165) is 5.82 Å². The van der Waals surface area contributed by atoms with Crippen molar-refractivity contribution in [3.8, 4) is 0 Å². The SMILES string of the molecule is CNC(c1ccc(C(C)C)cc1)c1nccn1C. The Balaban J connectivity index is 2.31. The molecule has 0 spiro atoms. The van der Waals surface area contributed by atoms with E-state index in [2.05, 4.69) is 53.0 Å². The first-order chi connectivity index (χ1) is 8.63. The number of benzene rings is 1. The third-order valence-corrected chi connectivity index (χ3v) is 3.34. The molecule has 1 heterocycles. The van der Waals surface area contributed by atoms with Crippen molar-refractivity contribution in [2.75, 3.05) is 7.05 Å². The van der Waals surface area contributed by atoms with Crippen molar-refractivity contribution in [3.05, 3.63) is 53.6 Å². The van der Waals surface area contributed by atoms with E-state index < -0.39 is 0 Å². The monoisotopic (exact) mass is 243 g/mol. The lowest BCUT2D eigenvalue weighted by atomic mass is 9.99. The standard InChI is InChI=1S/C15H21N3/c1-11(2)12-5-7-13(8-6-12)14(16-3)15-17-9-10-18(15)4/h5-11,14,16H,1-4H3. The van der Waals surface area contributed by atoms with Gasteiger partial charge in [0.25, 0.3) is 0 Å². The van der Waals surface area contributed by atoms with Crippen LogP contribution in [0, 0.1) is 0 Å². The van der Waals surface area contributed by atoms with Gasteiger partial charge in [-0.3, -0.25) is 0 Å². The van der Waals surface area contributed by atoms with Crippen molar-refractivity contribution < 1.29 is 0 Å². The summed E-state index contributed by atoms with van der Waals surface area (Å²) in [5.74, 6) is 1.61. The van der Waals surface area contributed by atoms with Crippen LogP contribution in [0.25, 0.3) is 0 Å². The van der Waals surface area contributed by atoms with Gasteiger partial charge in [0.05, 0.1) is 6.04 Å². The van der Waals surface area contributed by atoms with Crippen LogP contribution in [0.3, 0.4) is 0 Å². The maximum Gasteiger partial charge on any atom is 0.130 e. The van der Waals surface area contributed by atoms with E-state index in [0.29, 0.717) is 5.92 Å². The Morgan fingerprint density at radius 3 is 2.17 bits per heavy atom. The summed E-state index contributed by atoms with van der Waals surface area (Å²) in [6.07, 6.45) is 3.81. The third kappa shape index (κ3) is 2.46. The zero-order valence-electron chi connectivity index (χ0n) is 11.5. The van der Waals surface area contributed by atoms with E-state index in [-0.39, 0.29) is 6.04 Å². The predicted molar refractivity (Wildman–Crippen MR) is 74.6 cm³/mol. The van der Waals surface area contributed by atoms with Crippen molar-refractivity contribution in [2.45, 2.75) is 25.8 Å². The third-order valence-electron chi connectivity index (χ3n) is 3.34. The number of hydrogen-bond donors (Lipinski definition) is 1. The normalized spacial score (nSPS) is 12.9. The summed E-state index contributed by atoms with van der Waals surface area (Å²) >= 11 is 0. The van der Waals surface area contributed by atoms with E-state index in [1.54, 1.807) is 0 Å². The molecule has 18 heavy (non-hydrogen) atoms. The number of imidazole rings is 1. The van der Waals surface area contributed by atoms with Gasteiger partial charge in [-0.15, -0.1) is 0 Å². The summed E-state index contributed by atoms with van der Waals surface area (Å²) in [7, 11) is 3.99. The molecule has 3 nitrogen and oxygen atoms in total. The maximum absolute atomic E-state index is 4.42. The van der Waals surface area contributed by atoms with Crippen LogP contribution in [0.1, 0.15) is 42.8 Å². The van der Waals surface area contributed by atoms with Gasteiger partial charge in [0.1, 0.15) is 5.82 Å². The molecular formula is C15H21N3. The zero-order chi connectivity index (χ0) is 13.1. The number of aryl methyl sites for hydroxylation is 1. The van der Waals surface area contributed by atoms with Gasteiger partial charge in [0.15, 0.2) is 0 Å². The van der Waals surface area contributed by atoms with Gasteiger partial charge < -0.3 is 9.88 Å². The lowest BCUT2D eigenvalue weighted by molar-refractivity contribution is 0.617. The van der Waals surface area contributed by atoms with Crippen LogP contribution in [0.15, 0.2) is 36.7 Å². The lowest BCUT2D eigenvalue weighted by Gasteiger charge is -2.17. The summed E-state index contributed by atoms with van der Waals surface area (Å²) in [5.41, 5.74) is 2.62. The molecule has 0 aliphatic heterocycles. The quantitative estimate of drug-likeness (QED) is 0.895. The van der Waals surface area contributed by atoms with E-state index in [4.69, 9.17) is 0 Å². The summed E-state index contributed by atoms with van der Waals surface area (Å²) in [4.78, 5) is 4.42. The van der Waals surface area contributed by atoms with Crippen LogP contribution >= 0.6 is 0 Å². The number of rotatable bonds is 4. The molecule has 0 radical (unpaired) electrons. The zero-order valence-corrected chi connectivity index (χ0v) is 11.5. The largest absolute Gasteiger partial charge is 0.336 e. The van der Waals surface area contributed by atoms with Gasteiger partial charge >= 0.3 is 0 Å². The molecule has 2 rings (SSSR count). The second kappa shape index (κ2) is 5.36. The minimum Gasteiger partial charge on any atom is -0.336 e. The molecule has 1 aromatic heterocycles. The molecular weight excluding hydrogens is 222 g/mol. The molecule has 96 valence electrons. The Morgan fingerprint density at radius 1 is 1.11 bits per heavy atom. The smallest absolute Gasteiger partial charge is 0.130 e. The van der Waals surface area contributed by atoms with Crippen LogP contribution in [0.5, 0.6) is 0 Å². The van der Waals surface area contributed by atoms with Crippen LogP contribution in [0.4, 0.5) is 0 Å². The first-order valence-electron chi connectivity index (χ1n) is 6.37. The highest BCUT2D eigenvalue weighted by molar-refractivity contribution is 5.30. The molecule has 1 unspecified atom stereocenters. The Morgan fingerprint density at radius 2 is 1.72 bits per heavy atom. The van der Waals surface area contributed by atoms with E-state index in [1.807, 2.05) is 26.5 Å². The highest BCUT2D eigenvalue weighted by atomic mass is 15.1. The summed E-state index contributed by atoms with van der Waals surface area (Å²) < 4.78 is 2.05. The fourth-order valence-corrected chi connectivity index (χ4v) is 2.17. The van der Waals surface area contributed by atoms with Crippen LogP contribution in [0.2, 0.25) is 0 Å². The number of aromatic nitrogens is 2. The molecule has 0 saturated carbocycles. The van der Waals surface area contributed by atoms with Crippen molar-refractivity contribution in [1.29, 1.82) is 0 Å². The fourth-order valence-electron chi connectivity index (χ4n) is 2.17. The Hall–Kier alpha value is -1.61. The number of hydrogen-bond acceptors (Lipinski definition) is 2. The van der Waals surface area contributed by atoms with Crippen molar-refractivity contribution in [1.82, 2.24) is 14.9 Å². The molecule has 0 saturated heterocycles. The Labute approximate surface area is 109 Å². The van der Waals surface area contributed by atoms with Crippen LogP contribution < -0.4 is 5.32 Å². The minimum atomic E-state index is 0.145. The van der Waals surface area contributed by atoms with Gasteiger partial charge in [0.2, 0.25) is 0 Å². The second-order valence-electron chi connectivity index (χ2n) is 4.94. The molecule has 0 aliphatic rings. The van der Waals surface area contributed by atoms with Crippen molar-refractivity contribution in [2.24, 2.45) is 7.05 Å². The molecule has 1 atom stereocenters. The molecule has 0 aliphatic carbocycles. The summed E-state index contributed by atoms with van der Waals surface area (Å²) in [6.45, 7) is 4.42. The van der Waals surface area contributed by atoms with Crippen molar-refractivity contribution >= 4 is 0 Å². The summed E-state index contributed by atoms with van der Waals surface area (Å²) in [5, 5.41) is 3.33. The van der Waals surface area contributed by atoms with Gasteiger partial charge in [-0.2, -0.15) is 0 Å². The Bertz CT molecular complexity index is 497. The minimum absolute atomic E-state index is 0.145. The molecule has 0 fully saturated rings. The molecule has 3 heteroatoms. The van der Waals surface area contributed by atoms with E-state index in [9.17, 15) is 0 Å². The highest BCUT2D eigenvalue weighted by Crippen LogP contribution is 2.22. The summed E-state index contributed by atoms with van der Waals surface area (Å²) in [6, 6.07) is 8.92. The molecule has 1 N–H and O–H groups in total. The van der Waals surface area contributed by atoms with Gasteiger partial charge in [-0.1, -0.05) is 38.1 Å². The molecule has 2 aromatic rings. The van der Waals surface area contributed by atoms with Crippen molar-refractivity contribution in [3.63, 3.8) is 0 Å². The lowest BCUT2D eigenvalue weighted by Crippen LogP contribution is -2.21. The topological polar surface area (TPSA) is 29.9 Å². The van der Waals surface area contributed by atoms with Gasteiger partial charge in [0, 0.05) is 19.4 Å². The Kier molecular flexibility index (Phi) is 3.82. The molecule has 0 amide bonds. The fraction of sp³-hybridized carbons (Fsp3) is 0.400. The van der Waals surface area contributed by atoms with Gasteiger partial charge in [-0.05, 0) is 24.1 Å². The number of nitrogens with zero attached hydrogens (tertiary/aromatic N) is 2. The predicted octanol–water partition coefficient (Wildman–Crippen LogP) is 2.85. The van der Waals surface area contributed by atoms with Gasteiger partial charge in [-0.25, -0.2) is 4.98 Å². The van der Waals surface area contributed by atoms with E-state index in [1.165, 1.54) is 11.1 Å². The van der Waals surface area contributed by atoms with Crippen LogP contribution in [-0.2, 0) is 7.05 Å². The molecule has 0 bridgehead atoms. The number of nitrogens with one attached hydrogen (secondary N) is 1. The maximum atomic E-state index is 4.42. The molecule has 1 aromatic carbocycles. The van der Waals surface area contributed by atoms with E-state index >= 15 is 0 Å². The van der Waals surface area contributed by atoms with Crippen LogP contribution in [-0.4, -0.2) is 16.6 Å². The first kappa shape index (κ1) is 12.8.